The average Bonchev–Trinajstić information content (AvgIpc) is 1.62. The van der Waals surface area contributed by atoms with Crippen molar-refractivity contribution in [2.75, 3.05) is 0 Å². The summed E-state index contributed by atoms with van der Waals surface area (Å²) in [6.45, 7) is 10.2. The van der Waals surface area contributed by atoms with Crippen molar-refractivity contribution in [2.45, 2.75) is 46.3 Å². The van der Waals surface area contributed by atoms with Crippen LogP contribution >= 0.6 is 0 Å². The first kappa shape index (κ1) is 8.96. The molecule has 0 aromatic heterocycles. The molecule has 0 aliphatic heterocycles. The number of rotatable bonds is 2. The third-order valence-electron chi connectivity index (χ3n) is 1.01. The fraction of sp³-hybridized carbons (Fsp3) is 0.875. The molecule has 0 aromatic carbocycles. The van der Waals surface area contributed by atoms with Crippen molar-refractivity contribution in [1.29, 1.82) is 0 Å². The molecule has 0 amide bonds. The minimum Gasteiger partial charge on any atom is -0.373 e. The van der Waals surface area contributed by atoms with Gasteiger partial charge in [0.25, 0.3) is 0 Å². The van der Waals surface area contributed by atoms with Crippen LogP contribution in [0.25, 0.3) is 0 Å². The molecule has 0 spiro atoms. The Balaban J connectivity index is 3.47. The fourth-order valence-electron chi connectivity index (χ4n) is 0.626. The van der Waals surface area contributed by atoms with Crippen LogP contribution in [-0.4, -0.2) is 11.7 Å². The zero-order valence-electron chi connectivity index (χ0n) is 7.06. The standard InChI is InChI=1S/C8H17O/c1-6-7(2)9-8(3,4)5/h6-7H,1-5H3. The molecule has 55 valence electrons. The van der Waals surface area contributed by atoms with E-state index in [9.17, 15) is 0 Å². The molecule has 0 saturated heterocycles. The summed E-state index contributed by atoms with van der Waals surface area (Å²) in [5, 5.41) is 0. The highest BCUT2D eigenvalue weighted by Gasteiger charge is 2.12. The Morgan fingerprint density at radius 2 is 1.78 bits per heavy atom. The minimum absolute atomic E-state index is 0.00801. The summed E-state index contributed by atoms with van der Waals surface area (Å²) in [4.78, 5) is 0. The van der Waals surface area contributed by atoms with Crippen molar-refractivity contribution in [3.63, 3.8) is 0 Å². The lowest BCUT2D eigenvalue weighted by molar-refractivity contribution is -0.0364. The van der Waals surface area contributed by atoms with E-state index in [-0.39, 0.29) is 11.7 Å². The van der Waals surface area contributed by atoms with Crippen LogP contribution in [0.2, 0.25) is 0 Å². The maximum Gasteiger partial charge on any atom is 0.0602 e. The van der Waals surface area contributed by atoms with Crippen LogP contribution in [-0.2, 0) is 4.74 Å². The zero-order valence-corrected chi connectivity index (χ0v) is 7.06. The number of ether oxygens (including phenoxy) is 1. The summed E-state index contributed by atoms with van der Waals surface area (Å²) >= 11 is 0. The van der Waals surface area contributed by atoms with Gasteiger partial charge < -0.3 is 4.74 Å². The first-order valence-corrected chi connectivity index (χ1v) is 3.43. The molecule has 0 aliphatic carbocycles. The van der Waals surface area contributed by atoms with E-state index in [1.165, 1.54) is 0 Å². The summed E-state index contributed by atoms with van der Waals surface area (Å²) in [6.07, 6.45) is 2.32. The predicted molar refractivity (Wildman–Crippen MR) is 40.3 cm³/mol. The second-order valence-corrected chi connectivity index (χ2v) is 3.27. The maximum absolute atomic E-state index is 5.53. The summed E-state index contributed by atoms with van der Waals surface area (Å²) in [5.74, 6) is 0. The molecule has 9 heavy (non-hydrogen) atoms. The molecule has 0 aliphatic rings. The molecule has 0 heterocycles. The molecule has 0 rings (SSSR count). The SMILES string of the molecule is C[CH]C(C)OC(C)(C)C. The van der Waals surface area contributed by atoms with E-state index in [2.05, 4.69) is 20.8 Å². The number of hydrogen-bond donors (Lipinski definition) is 0. The summed E-state index contributed by atoms with van der Waals surface area (Å²) < 4.78 is 5.53. The third-order valence-corrected chi connectivity index (χ3v) is 1.01. The molecule has 1 unspecified atom stereocenters. The zero-order chi connectivity index (χ0) is 7.49. The van der Waals surface area contributed by atoms with Gasteiger partial charge in [0.1, 0.15) is 0 Å². The molecular weight excluding hydrogens is 112 g/mol. The van der Waals surface area contributed by atoms with Gasteiger partial charge in [-0.3, -0.25) is 0 Å². The lowest BCUT2D eigenvalue weighted by Gasteiger charge is -2.23. The van der Waals surface area contributed by atoms with E-state index in [0.29, 0.717) is 0 Å². The third kappa shape index (κ3) is 5.84. The van der Waals surface area contributed by atoms with Crippen LogP contribution in [0.1, 0.15) is 34.6 Å². The van der Waals surface area contributed by atoms with Crippen molar-refractivity contribution in [3.8, 4) is 0 Å². The predicted octanol–water partition coefficient (Wildman–Crippen LogP) is 2.41. The lowest BCUT2D eigenvalue weighted by atomic mass is 10.2. The lowest BCUT2D eigenvalue weighted by Crippen LogP contribution is -2.25. The van der Waals surface area contributed by atoms with Gasteiger partial charge in [-0.25, -0.2) is 0 Å². The highest BCUT2D eigenvalue weighted by atomic mass is 16.5. The van der Waals surface area contributed by atoms with Gasteiger partial charge in [-0.2, -0.15) is 0 Å². The van der Waals surface area contributed by atoms with Crippen molar-refractivity contribution >= 4 is 0 Å². The van der Waals surface area contributed by atoms with Gasteiger partial charge in [0.05, 0.1) is 11.7 Å². The largest absolute Gasteiger partial charge is 0.373 e. The van der Waals surface area contributed by atoms with Crippen LogP contribution in [0.4, 0.5) is 0 Å². The maximum atomic E-state index is 5.53. The summed E-state index contributed by atoms with van der Waals surface area (Å²) in [7, 11) is 0. The minimum atomic E-state index is -0.00801. The van der Waals surface area contributed by atoms with Crippen molar-refractivity contribution in [3.05, 3.63) is 6.42 Å². The summed E-state index contributed by atoms with van der Waals surface area (Å²) in [5.41, 5.74) is -0.00801. The normalized spacial score (nSPS) is 15.7. The second kappa shape index (κ2) is 3.21. The van der Waals surface area contributed by atoms with Crippen molar-refractivity contribution in [1.82, 2.24) is 0 Å². The van der Waals surface area contributed by atoms with Gasteiger partial charge >= 0.3 is 0 Å². The molecule has 1 heteroatoms. The van der Waals surface area contributed by atoms with E-state index in [1.807, 2.05) is 20.3 Å². The molecule has 0 N–H and O–H groups in total. The second-order valence-electron chi connectivity index (χ2n) is 3.27. The monoisotopic (exact) mass is 129 g/mol. The van der Waals surface area contributed by atoms with E-state index in [1.54, 1.807) is 0 Å². The molecule has 0 fully saturated rings. The molecular formula is C8H17O. The van der Waals surface area contributed by atoms with Gasteiger partial charge in [-0.05, 0) is 34.1 Å². The fourth-order valence-corrected chi connectivity index (χ4v) is 0.626. The molecule has 1 atom stereocenters. The van der Waals surface area contributed by atoms with E-state index >= 15 is 0 Å². The van der Waals surface area contributed by atoms with Gasteiger partial charge in [-0.15, -0.1) is 0 Å². The van der Waals surface area contributed by atoms with Crippen molar-refractivity contribution in [2.24, 2.45) is 0 Å². The van der Waals surface area contributed by atoms with Crippen LogP contribution in [0.3, 0.4) is 0 Å². The first-order chi connectivity index (χ1) is 3.95. The quantitative estimate of drug-likeness (QED) is 0.556. The molecule has 0 aromatic rings. The van der Waals surface area contributed by atoms with Gasteiger partial charge in [0.2, 0.25) is 0 Å². The van der Waals surface area contributed by atoms with Crippen LogP contribution in [0, 0.1) is 6.42 Å². The van der Waals surface area contributed by atoms with Crippen LogP contribution < -0.4 is 0 Å². The molecule has 0 saturated carbocycles. The van der Waals surface area contributed by atoms with Crippen molar-refractivity contribution < 1.29 is 4.74 Å². The van der Waals surface area contributed by atoms with Crippen LogP contribution in [0.5, 0.6) is 0 Å². The van der Waals surface area contributed by atoms with E-state index in [0.717, 1.165) is 0 Å². The van der Waals surface area contributed by atoms with Gasteiger partial charge in [-0.1, -0.05) is 6.92 Å². The first-order valence-electron chi connectivity index (χ1n) is 3.43. The smallest absolute Gasteiger partial charge is 0.0602 e. The van der Waals surface area contributed by atoms with Gasteiger partial charge in [0, 0.05) is 0 Å². The average molecular weight is 129 g/mol. The Morgan fingerprint density at radius 1 is 1.33 bits per heavy atom. The Morgan fingerprint density at radius 3 is 1.89 bits per heavy atom. The van der Waals surface area contributed by atoms with E-state index in [4.69, 9.17) is 4.74 Å². The number of hydrogen-bond acceptors (Lipinski definition) is 1. The molecule has 1 radical (unpaired) electrons. The highest BCUT2D eigenvalue weighted by Crippen LogP contribution is 2.11. The molecule has 1 nitrogen and oxygen atoms in total. The van der Waals surface area contributed by atoms with Crippen LogP contribution in [0.15, 0.2) is 0 Å². The Hall–Kier alpha value is -0.0400. The Labute approximate surface area is 58.4 Å². The van der Waals surface area contributed by atoms with Gasteiger partial charge in [0.15, 0.2) is 0 Å². The topological polar surface area (TPSA) is 9.23 Å². The highest BCUT2D eigenvalue weighted by molar-refractivity contribution is 4.70. The van der Waals surface area contributed by atoms with E-state index < -0.39 is 0 Å². The summed E-state index contributed by atoms with van der Waals surface area (Å²) in [6, 6.07) is 0. The Kier molecular flexibility index (Phi) is 3.20. The molecule has 0 bridgehead atoms. The Bertz CT molecular complexity index is 71.1.